The molecule has 0 aromatic carbocycles. The molecule has 1 saturated heterocycles. The first-order valence-corrected chi connectivity index (χ1v) is 7.69. The number of piperidine rings is 1. The fraction of sp³-hybridized carbons (Fsp3) is 0.600. The van der Waals surface area contributed by atoms with Crippen molar-refractivity contribution in [3.8, 4) is 11.5 Å². The molecule has 1 amide bonds. The third-order valence-corrected chi connectivity index (χ3v) is 4.02. The van der Waals surface area contributed by atoms with Gasteiger partial charge in [0.15, 0.2) is 11.5 Å². The number of carbonyl (C=O) groups is 1. The molecule has 0 unspecified atom stereocenters. The third-order valence-electron chi connectivity index (χ3n) is 4.02. The van der Waals surface area contributed by atoms with Crippen LogP contribution >= 0.6 is 0 Å². The SMILES string of the molecule is O=C(O)N(Cc1cc2c(cn1)OCCCO2)C1CCNCC1. The summed E-state index contributed by atoms with van der Waals surface area (Å²) in [6.07, 6.45) is 3.22. The molecule has 1 aromatic rings. The van der Waals surface area contributed by atoms with Gasteiger partial charge in [-0.05, 0) is 25.9 Å². The predicted octanol–water partition coefficient (Wildman–Crippen LogP) is 1.47. The first kappa shape index (κ1) is 14.9. The van der Waals surface area contributed by atoms with Crippen LogP contribution in [0.4, 0.5) is 4.79 Å². The Morgan fingerprint density at radius 3 is 2.77 bits per heavy atom. The Kier molecular flexibility index (Phi) is 4.62. The number of nitrogens with zero attached hydrogens (tertiary/aromatic N) is 2. The summed E-state index contributed by atoms with van der Waals surface area (Å²) >= 11 is 0. The Bertz CT molecular complexity index is 532. The predicted molar refractivity (Wildman–Crippen MR) is 79.3 cm³/mol. The molecule has 0 aliphatic carbocycles. The van der Waals surface area contributed by atoms with E-state index in [2.05, 4.69) is 10.3 Å². The summed E-state index contributed by atoms with van der Waals surface area (Å²) in [6.45, 7) is 3.19. The Morgan fingerprint density at radius 1 is 1.32 bits per heavy atom. The molecule has 2 aliphatic heterocycles. The summed E-state index contributed by atoms with van der Waals surface area (Å²) in [6, 6.07) is 1.83. The molecule has 22 heavy (non-hydrogen) atoms. The average molecular weight is 307 g/mol. The lowest BCUT2D eigenvalue weighted by Gasteiger charge is -2.32. The van der Waals surface area contributed by atoms with Gasteiger partial charge in [0.05, 0.1) is 31.6 Å². The van der Waals surface area contributed by atoms with Gasteiger partial charge in [-0.1, -0.05) is 0 Å². The molecule has 0 spiro atoms. The second kappa shape index (κ2) is 6.83. The lowest BCUT2D eigenvalue weighted by molar-refractivity contribution is 0.108. The van der Waals surface area contributed by atoms with Crippen molar-refractivity contribution in [3.63, 3.8) is 0 Å². The van der Waals surface area contributed by atoms with Gasteiger partial charge < -0.3 is 19.9 Å². The standard InChI is InChI=1S/C15H21N3O4/c19-15(20)18(12-2-4-16-5-3-12)10-11-8-13-14(9-17-11)22-7-1-6-21-13/h8-9,12,16H,1-7,10H2,(H,19,20). The number of ether oxygens (including phenoxy) is 2. The number of carboxylic acid groups (broad SMARTS) is 1. The van der Waals surface area contributed by atoms with Crippen LogP contribution in [0, 0.1) is 0 Å². The Balaban J connectivity index is 1.74. The minimum absolute atomic E-state index is 0.0385. The van der Waals surface area contributed by atoms with E-state index in [0.29, 0.717) is 30.4 Å². The zero-order valence-corrected chi connectivity index (χ0v) is 12.5. The van der Waals surface area contributed by atoms with Crippen molar-refractivity contribution in [2.45, 2.75) is 31.8 Å². The van der Waals surface area contributed by atoms with Gasteiger partial charge in [-0.25, -0.2) is 4.79 Å². The fourth-order valence-corrected chi connectivity index (χ4v) is 2.84. The van der Waals surface area contributed by atoms with Crippen LogP contribution in [0.15, 0.2) is 12.3 Å². The smallest absolute Gasteiger partial charge is 0.407 e. The molecule has 3 rings (SSSR count). The molecule has 1 fully saturated rings. The zero-order valence-electron chi connectivity index (χ0n) is 12.5. The van der Waals surface area contributed by atoms with Crippen LogP contribution < -0.4 is 14.8 Å². The van der Waals surface area contributed by atoms with Crippen molar-refractivity contribution in [2.75, 3.05) is 26.3 Å². The zero-order chi connectivity index (χ0) is 15.4. The van der Waals surface area contributed by atoms with E-state index in [0.717, 1.165) is 32.4 Å². The highest BCUT2D eigenvalue weighted by Crippen LogP contribution is 2.29. The molecular formula is C15H21N3O4. The summed E-state index contributed by atoms with van der Waals surface area (Å²) in [5.74, 6) is 1.28. The van der Waals surface area contributed by atoms with Gasteiger partial charge in [-0.3, -0.25) is 9.88 Å². The van der Waals surface area contributed by atoms with Crippen LogP contribution in [0.3, 0.4) is 0 Å². The molecule has 7 nitrogen and oxygen atoms in total. The van der Waals surface area contributed by atoms with Crippen LogP contribution in [-0.4, -0.2) is 53.4 Å². The quantitative estimate of drug-likeness (QED) is 0.880. The van der Waals surface area contributed by atoms with Crippen molar-refractivity contribution >= 4 is 6.09 Å². The van der Waals surface area contributed by atoms with E-state index in [1.807, 2.05) is 0 Å². The Morgan fingerprint density at radius 2 is 2.05 bits per heavy atom. The highest BCUT2D eigenvalue weighted by atomic mass is 16.5. The van der Waals surface area contributed by atoms with Crippen LogP contribution in [0.2, 0.25) is 0 Å². The number of nitrogens with one attached hydrogen (secondary N) is 1. The van der Waals surface area contributed by atoms with Crippen LogP contribution in [0.5, 0.6) is 11.5 Å². The summed E-state index contributed by atoms with van der Waals surface area (Å²) < 4.78 is 11.2. The number of hydrogen-bond donors (Lipinski definition) is 2. The maximum atomic E-state index is 11.6. The van der Waals surface area contributed by atoms with Gasteiger partial charge in [0.2, 0.25) is 0 Å². The molecule has 3 heterocycles. The van der Waals surface area contributed by atoms with E-state index in [1.54, 1.807) is 12.3 Å². The second-order valence-electron chi connectivity index (χ2n) is 5.56. The molecule has 2 aliphatic rings. The number of rotatable bonds is 3. The molecule has 0 atom stereocenters. The number of fused-ring (bicyclic) bond motifs is 1. The minimum atomic E-state index is -0.902. The van der Waals surface area contributed by atoms with Crippen LogP contribution in [0.25, 0.3) is 0 Å². The van der Waals surface area contributed by atoms with Crippen molar-refractivity contribution in [1.29, 1.82) is 0 Å². The van der Waals surface area contributed by atoms with Gasteiger partial charge in [0.25, 0.3) is 0 Å². The first-order valence-electron chi connectivity index (χ1n) is 7.69. The number of aromatic nitrogens is 1. The maximum Gasteiger partial charge on any atom is 0.407 e. The third kappa shape index (κ3) is 3.41. The summed E-state index contributed by atoms with van der Waals surface area (Å²) in [7, 11) is 0. The van der Waals surface area contributed by atoms with Gasteiger partial charge >= 0.3 is 6.09 Å². The minimum Gasteiger partial charge on any atom is -0.489 e. The number of hydrogen-bond acceptors (Lipinski definition) is 5. The van der Waals surface area contributed by atoms with Crippen LogP contribution in [0.1, 0.15) is 25.0 Å². The molecule has 0 radical (unpaired) electrons. The highest BCUT2D eigenvalue weighted by Gasteiger charge is 2.26. The first-order chi connectivity index (χ1) is 10.7. The van der Waals surface area contributed by atoms with E-state index in [-0.39, 0.29) is 12.6 Å². The Labute approximate surface area is 129 Å². The van der Waals surface area contributed by atoms with Gasteiger partial charge in [0, 0.05) is 18.5 Å². The summed E-state index contributed by atoms with van der Waals surface area (Å²) in [4.78, 5) is 17.4. The van der Waals surface area contributed by atoms with E-state index in [4.69, 9.17) is 9.47 Å². The number of pyridine rings is 1. The maximum absolute atomic E-state index is 11.6. The molecule has 0 bridgehead atoms. The van der Waals surface area contributed by atoms with E-state index in [1.165, 1.54) is 4.90 Å². The number of amides is 1. The topological polar surface area (TPSA) is 83.9 Å². The summed E-state index contributed by atoms with van der Waals surface area (Å²) in [5, 5.41) is 12.7. The van der Waals surface area contributed by atoms with Gasteiger partial charge in [-0.2, -0.15) is 0 Å². The van der Waals surface area contributed by atoms with Crippen molar-refractivity contribution in [3.05, 3.63) is 18.0 Å². The normalized spacial score (nSPS) is 18.5. The lowest BCUT2D eigenvalue weighted by Crippen LogP contribution is -2.45. The highest BCUT2D eigenvalue weighted by molar-refractivity contribution is 5.65. The summed E-state index contributed by atoms with van der Waals surface area (Å²) in [5.41, 5.74) is 0.685. The average Bonchev–Trinajstić information content (AvgIpc) is 2.78. The molecular weight excluding hydrogens is 286 g/mol. The van der Waals surface area contributed by atoms with E-state index in [9.17, 15) is 9.90 Å². The van der Waals surface area contributed by atoms with Crippen molar-refractivity contribution < 1.29 is 19.4 Å². The van der Waals surface area contributed by atoms with Gasteiger partial charge in [-0.15, -0.1) is 0 Å². The van der Waals surface area contributed by atoms with Crippen molar-refractivity contribution in [2.24, 2.45) is 0 Å². The largest absolute Gasteiger partial charge is 0.489 e. The molecule has 0 saturated carbocycles. The second-order valence-corrected chi connectivity index (χ2v) is 5.56. The van der Waals surface area contributed by atoms with Gasteiger partial charge in [0.1, 0.15) is 0 Å². The van der Waals surface area contributed by atoms with Crippen molar-refractivity contribution in [1.82, 2.24) is 15.2 Å². The molecule has 1 aromatic heterocycles. The van der Waals surface area contributed by atoms with E-state index < -0.39 is 6.09 Å². The molecule has 2 N–H and O–H groups in total. The fourth-order valence-electron chi connectivity index (χ4n) is 2.84. The Hall–Kier alpha value is -2.02. The lowest BCUT2D eigenvalue weighted by atomic mass is 10.0. The monoisotopic (exact) mass is 307 g/mol. The van der Waals surface area contributed by atoms with E-state index >= 15 is 0 Å². The van der Waals surface area contributed by atoms with Crippen LogP contribution in [-0.2, 0) is 6.54 Å². The molecule has 7 heteroatoms. The molecule has 120 valence electrons.